The van der Waals surface area contributed by atoms with E-state index in [1.807, 2.05) is 6.20 Å². The Morgan fingerprint density at radius 3 is 2.62 bits per heavy atom. The molecule has 0 bridgehead atoms. The van der Waals surface area contributed by atoms with Crippen LogP contribution in [0.15, 0.2) is 36.7 Å². The van der Waals surface area contributed by atoms with Gasteiger partial charge in [0.2, 0.25) is 0 Å². The standard InChI is InChI=1S/C23H24F2N4O3/c1-23(24,25)20-5-3-4-16(26-20)22(31)28-18-12-29-11-17(27-21(29)10-19(18)32-2)15-8-6-14(13-30)7-9-15/h3-5,10-15H,6-9H2,1-2H3,(H,28,31)/t14-,15-. The van der Waals surface area contributed by atoms with Crippen molar-refractivity contribution in [1.29, 1.82) is 0 Å². The third-order valence-corrected chi connectivity index (χ3v) is 5.86. The maximum atomic E-state index is 13.6. The summed E-state index contributed by atoms with van der Waals surface area (Å²) < 4.78 is 34.3. The Bertz CT molecular complexity index is 1150. The van der Waals surface area contributed by atoms with E-state index in [-0.39, 0.29) is 17.5 Å². The van der Waals surface area contributed by atoms with Gasteiger partial charge in [-0.2, -0.15) is 8.78 Å². The zero-order valence-electron chi connectivity index (χ0n) is 17.8. The number of rotatable bonds is 6. The number of carbonyl (C=O) groups is 2. The van der Waals surface area contributed by atoms with E-state index in [1.54, 1.807) is 16.7 Å². The zero-order valence-corrected chi connectivity index (χ0v) is 17.8. The lowest BCUT2D eigenvalue weighted by molar-refractivity contribution is -0.111. The van der Waals surface area contributed by atoms with Crippen molar-refractivity contribution in [1.82, 2.24) is 14.4 Å². The molecule has 168 valence electrons. The molecular formula is C23H24F2N4O3. The first-order valence-electron chi connectivity index (χ1n) is 10.5. The number of imidazole rings is 1. The molecule has 1 saturated carbocycles. The number of alkyl halides is 2. The predicted molar refractivity (Wildman–Crippen MR) is 114 cm³/mol. The summed E-state index contributed by atoms with van der Waals surface area (Å²) in [6.07, 6.45) is 8.14. The molecule has 0 unspecified atom stereocenters. The zero-order chi connectivity index (χ0) is 22.9. The Kier molecular flexibility index (Phi) is 5.90. The molecule has 32 heavy (non-hydrogen) atoms. The molecule has 0 radical (unpaired) electrons. The molecule has 0 spiro atoms. The first-order chi connectivity index (χ1) is 15.3. The number of pyridine rings is 2. The highest BCUT2D eigenvalue weighted by Crippen LogP contribution is 2.35. The fraction of sp³-hybridized carbons (Fsp3) is 0.391. The van der Waals surface area contributed by atoms with Crippen molar-refractivity contribution in [2.24, 2.45) is 5.92 Å². The van der Waals surface area contributed by atoms with Gasteiger partial charge in [-0.15, -0.1) is 0 Å². The van der Waals surface area contributed by atoms with Gasteiger partial charge in [-0.05, 0) is 37.8 Å². The first-order valence-corrected chi connectivity index (χ1v) is 10.5. The van der Waals surface area contributed by atoms with E-state index in [0.717, 1.165) is 44.6 Å². The Balaban J connectivity index is 1.59. The van der Waals surface area contributed by atoms with Gasteiger partial charge in [0, 0.05) is 37.2 Å². The normalized spacial score (nSPS) is 19.0. The number of aldehydes is 1. The molecule has 3 aromatic heterocycles. The van der Waals surface area contributed by atoms with Gasteiger partial charge in [0.1, 0.15) is 34.8 Å². The number of hydrogen-bond donors (Lipinski definition) is 1. The highest BCUT2D eigenvalue weighted by molar-refractivity contribution is 6.03. The largest absolute Gasteiger partial charge is 0.494 e. The summed E-state index contributed by atoms with van der Waals surface area (Å²) in [4.78, 5) is 32.2. The number of nitrogens with zero attached hydrogens (tertiary/aromatic N) is 3. The van der Waals surface area contributed by atoms with Crippen LogP contribution in [0, 0.1) is 5.92 Å². The van der Waals surface area contributed by atoms with Gasteiger partial charge in [0.25, 0.3) is 11.8 Å². The molecule has 1 N–H and O–H groups in total. The van der Waals surface area contributed by atoms with Crippen molar-refractivity contribution < 1.29 is 23.1 Å². The molecule has 0 aromatic carbocycles. The summed E-state index contributed by atoms with van der Waals surface area (Å²) in [6.45, 7) is 0.732. The fourth-order valence-corrected chi connectivity index (χ4v) is 4.04. The van der Waals surface area contributed by atoms with E-state index in [0.29, 0.717) is 17.1 Å². The van der Waals surface area contributed by atoms with Crippen molar-refractivity contribution in [3.8, 4) is 5.75 Å². The minimum atomic E-state index is -3.15. The average molecular weight is 442 g/mol. The number of amides is 1. The maximum absolute atomic E-state index is 13.6. The molecule has 3 heterocycles. The van der Waals surface area contributed by atoms with Gasteiger partial charge in [0.05, 0.1) is 12.8 Å². The van der Waals surface area contributed by atoms with Crippen LogP contribution in [0.1, 0.15) is 60.4 Å². The van der Waals surface area contributed by atoms with Crippen LogP contribution in [0.25, 0.3) is 5.65 Å². The van der Waals surface area contributed by atoms with Gasteiger partial charge in [-0.3, -0.25) is 4.79 Å². The van der Waals surface area contributed by atoms with Crippen molar-refractivity contribution >= 4 is 23.5 Å². The minimum Gasteiger partial charge on any atom is -0.494 e. The summed E-state index contributed by atoms with van der Waals surface area (Å²) in [7, 11) is 1.47. The first kappa shape index (κ1) is 21.9. The number of aromatic nitrogens is 3. The Morgan fingerprint density at radius 1 is 1.22 bits per heavy atom. The summed E-state index contributed by atoms with van der Waals surface area (Å²) in [5.74, 6) is -2.97. The molecular weight excluding hydrogens is 418 g/mol. The second-order valence-electron chi connectivity index (χ2n) is 8.19. The summed E-state index contributed by atoms with van der Waals surface area (Å²) in [5, 5.41) is 2.69. The Hall–Kier alpha value is -3.36. The highest BCUT2D eigenvalue weighted by atomic mass is 19.3. The molecule has 3 aromatic rings. The lowest BCUT2D eigenvalue weighted by Crippen LogP contribution is -2.18. The van der Waals surface area contributed by atoms with Crippen LogP contribution < -0.4 is 10.1 Å². The van der Waals surface area contributed by atoms with Crippen molar-refractivity contribution in [3.63, 3.8) is 0 Å². The van der Waals surface area contributed by atoms with E-state index >= 15 is 0 Å². The molecule has 0 aliphatic heterocycles. The second-order valence-corrected chi connectivity index (χ2v) is 8.19. The number of halogens is 2. The second kappa shape index (κ2) is 8.64. The molecule has 1 aliphatic carbocycles. The van der Waals surface area contributed by atoms with Crippen LogP contribution in [0.4, 0.5) is 14.5 Å². The van der Waals surface area contributed by atoms with Crippen LogP contribution in [0.5, 0.6) is 5.75 Å². The summed E-state index contributed by atoms with van der Waals surface area (Å²) >= 11 is 0. The van der Waals surface area contributed by atoms with Gasteiger partial charge in [-0.25, -0.2) is 9.97 Å². The van der Waals surface area contributed by atoms with Crippen molar-refractivity contribution in [2.45, 2.75) is 44.4 Å². The van der Waals surface area contributed by atoms with E-state index < -0.39 is 17.5 Å². The predicted octanol–water partition coefficient (Wildman–Crippen LogP) is 4.57. The number of nitrogens with one attached hydrogen (secondary N) is 1. The highest BCUT2D eigenvalue weighted by Gasteiger charge is 2.27. The quantitative estimate of drug-likeness (QED) is 0.565. The average Bonchev–Trinajstić information content (AvgIpc) is 3.21. The topological polar surface area (TPSA) is 85.6 Å². The van der Waals surface area contributed by atoms with E-state index in [4.69, 9.17) is 9.72 Å². The molecule has 1 fully saturated rings. The van der Waals surface area contributed by atoms with E-state index in [2.05, 4.69) is 10.3 Å². The van der Waals surface area contributed by atoms with Gasteiger partial charge < -0.3 is 19.2 Å². The smallest absolute Gasteiger partial charge is 0.287 e. The number of methoxy groups -OCH3 is 1. The van der Waals surface area contributed by atoms with Crippen LogP contribution in [-0.2, 0) is 10.7 Å². The monoisotopic (exact) mass is 442 g/mol. The number of anilines is 1. The van der Waals surface area contributed by atoms with E-state index in [1.165, 1.54) is 25.3 Å². The summed E-state index contributed by atoms with van der Waals surface area (Å²) in [5.41, 5.74) is 1.37. The number of ether oxygens (including phenoxy) is 1. The van der Waals surface area contributed by atoms with Gasteiger partial charge in [0.15, 0.2) is 0 Å². The number of fused-ring (bicyclic) bond motifs is 1. The van der Waals surface area contributed by atoms with Crippen LogP contribution in [0.2, 0.25) is 0 Å². The molecule has 7 nitrogen and oxygen atoms in total. The minimum absolute atomic E-state index is 0.121. The number of carbonyl (C=O) groups excluding carboxylic acids is 2. The molecule has 9 heteroatoms. The van der Waals surface area contributed by atoms with Crippen LogP contribution in [-0.4, -0.2) is 33.7 Å². The lowest BCUT2D eigenvalue weighted by Gasteiger charge is -2.23. The summed E-state index contributed by atoms with van der Waals surface area (Å²) in [6, 6.07) is 5.64. The maximum Gasteiger partial charge on any atom is 0.287 e. The molecule has 4 rings (SSSR count). The molecule has 0 atom stereocenters. The van der Waals surface area contributed by atoms with Gasteiger partial charge >= 0.3 is 0 Å². The number of hydrogen-bond acceptors (Lipinski definition) is 5. The third-order valence-electron chi connectivity index (χ3n) is 5.86. The molecule has 0 saturated heterocycles. The van der Waals surface area contributed by atoms with Crippen molar-refractivity contribution in [3.05, 3.63) is 53.7 Å². The Morgan fingerprint density at radius 2 is 1.97 bits per heavy atom. The van der Waals surface area contributed by atoms with Crippen molar-refractivity contribution in [2.75, 3.05) is 12.4 Å². The van der Waals surface area contributed by atoms with Crippen LogP contribution >= 0.6 is 0 Å². The van der Waals surface area contributed by atoms with Gasteiger partial charge in [-0.1, -0.05) is 6.07 Å². The third kappa shape index (κ3) is 4.46. The molecule has 1 amide bonds. The van der Waals surface area contributed by atoms with E-state index in [9.17, 15) is 18.4 Å². The lowest BCUT2D eigenvalue weighted by atomic mass is 9.81. The Labute approximate surface area is 183 Å². The molecule has 1 aliphatic rings. The fourth-order valence-electron chi connectivity index (χ4n) is 4.04. The van der Waals surface area contributed by atoms with Crippen LogP contribution in [0.3, 0.4) is 0 Å². The SMILES string of the molecule is COc1cc2nc([C@H]3CC[C@H](C=O)CC3)cn2cc1NC(=O)c1cccc(C(C)(F)F)n1.